The highest BCUT2D eigenvalue weighted by Gasteiger charge is 2.76. The Balaban J connectivity index is 1.45. The minimum atomic E-state index is -1.15. The molecule has 2 bridgehead atoms. The molecule has 0 aliphatic carbocycles. The van der Waals surface area contributed by atoms with Gasteiger partial charge in [-0.25, -0.2) is 0 Å². The van der Waals surface area contributed by atoms with Crippen LogP contribution in [0.3, 0.4) is 0 Å². The number of likely N-dealkylation sites (tertiary alicyclic amines) is 1. The molecule has 1 aromatic carbocycles. The second kappa shape index (κ2) is 14.0. The highest BCUT2D eigenvalue weighted by molar-refractivity contribution is 9.09. The van der Waals surface area contributed by atoms with E-state index in [1.807, 2.05) is 30.3 Å². The molecule has 3 amide bonds. The number of hydrogen-bond acceptors (Lipinski definition) is 7. The van der Waals surface area contributed by atoms with Crippen LogP contribution >= 0.6 is 15.9 Å². The maximum absolute atomic E-state index is 14.5. The van der Waals surface area contributed by atoms with Crippen molar-refractivity contribution in [1.29, 1.82) is 0 Å². The van der Waals surface area contributed by atoms with Crippen LogP contribution in [0.2, 0.25) is 0 Å². The van der Waals surface area contributed by atoms with Gasteiger partial charge in [0.2, 0.25) is 17.7 Å². The summed E-state index contributed by atoms with van der Waals surface area (Å²) in [5, 5.41) is 9.68. The number of benzene rings is 1. The monoisotopic (exact) mass is 658 g/mol. The second-order valence-electron chi connectivity index (χ2n) is 11.8. The molecule has 4 saturated heterocycles. The summed E-state index contributed by atoms with van der Waals surface area (Å²) in [6, 6.07) is 8.82. The summed E-state index contributed by atoms with van der Waals surface area (Å²) in [7, 11) is 0. The molecule has 6 atom stereocenters. The molecule has 1 spiro atoms. The molecule has 1 N–H and O–H groups in total. The molecule has 43 heavy (non-hydrogen) atoms. The highest BCUT2D eigenvalue weighted by Crippen LogP contribution is 2.60. The van der Waals surface area contributed by atoms with E-state index in [0.29, 0.717) is 58.8 Å². The number of rotatable bonds is 14. The number of hydrogen-bond donors (Lipinski definition) is 1. The summed E-state index contributed by atoms with van der Waals surface area (Å²) in [5.41, 5.74) is -0.170. The van der Waals surface area contributed by atoms with E-state index in [4.69, 9.17) is 9.47 Å². The fraction of sp³-hybridized carbons (Fsp3) is 0.594. The van der Waals surface area contributed by atoms with Crippen molar-refractivity contribution in [2.75, 3.05) is 65.6 Å². The SMILES string of the molecule is C=CCN(CCN1CCOCC1)C(=O)C1N(CCCO)C(=O)[C@@H]2[C@@H](C(=O)N(CC=C)Cc3ccccc3)[C@@H]3OC12CC3Br. The van der Waals surface area contributed by atoms with E-state index in [1.165, 1.54) is 0 Å². The minimum absolute atomic E-state index is 0.118. The first-order valence-electron chi connectivity index (χ1n) is 15.2. The number of amides is 3. The van der Waals surface area contributed by atoms with Crippen LogP contribution in [0.4, 0.5) is 0 Å². The van der Waals surface area contributed by atoms with Crippen LogP contribution < -0.4 is 0 Å². The summed E-state index contributed by atoms with van der Waals surface area (Å²) in [5.74, 6) is -2.17. The zero-order valence-corrected chi connectivity index (χ0v) is 26.3. The number of morpholine rings is 1. The zero-order valence-electron chi connectivity index (χ0n) is 24.7. The Kier molecular flexibility index (Phi) is 10.4. The molecular formula is C32H43BrN4O6. The molecular weight excluding hydrogens is 616 g/mol. The lowest BCUT2D eigenvalue weighted by Gasteiger charge is -2.38. The fourth-order valence-electron chi connectivity index (χ4n) is 7.28. The normalized spacial score (nSPS) is 29.9. The summed E-state index contributed by atoms with van der Waals surface area (Å²) in [6.45, 7) is 12.9. The van der Waals surface area contributed by atoms with Crippen LogP contribution in [-0.2, 0) is 30.4 Å². The Hall–Kier alpha value is -2.57. The first-order valence-corrected chi connectivity index (χ1v) is 16.1. The van der Waals surface area contributed by atoms with Gasteiger partial charge in [0.1, 0.15) is 11.6 Å². The zero-order chi connectivity index (χ0) is 30.6. The number of aliphatic hydroxyl groups excluding tert-OH is 1. The Morgan fingerprint density at radius 2 is 1.77 bits per heavy atom. The van der Waals surface area contributed by atoms with Gasteiger partial charge in [0.25, 0.3) is 0 Å². The largest absolute Gasteiger partial charge is 0.396 e. The second-order valence-corrected chi connectivity index (χ2v) is 13.0. The van der Waals surface area contributed by atoms with Gasteiger partial charge in [0, 0.05) is 63.8 Å². The predicted octanol–water partition coefficient (Wildman–Crippen LogP) is 1.68. The van der Waals surface area contributed by atoms with Crippen molar-refractivity contribution in [2.45, 2.75) is 42.0 Å². The average Bonchev–Trinajstić information content (AvgIpc) is 3.61. The maximum Gasteiger partial charge on any atom is 0.248 e. The molecule has 4 heterocycles. The average molecular weight is 660 g/mol. The van der Waals surface area contributed by atoms with Crippen molar-refractivity contribution in [1.82, 2.24) is 19.6 Å². The molecule has 1 aromatic rings. The van der Waals surface area contributed by atoms with Crippen molar-refractivity contribution in [3.05, 3.63) is 61.2 Å². The van der Waals surface area contributed by atoms with Crippen LogP contribution in [0.15, 0.2) is 55.6 Å². The Morgan fingerprint density at radius 3 is 2.44 bits per heavy atom. The van der Waals surface area contributed by atoms with Crippen molar-refractivity contribution < 1.29 is 29.0 Å². The molecule has 11 heteroatoms. The third-order valence-corrected chi connectivity index (χ3v) is 10.0. The van der Waals surface area contributed by atoms with Gasteiger partial charge in [0.15, 0.2) is 0 Å². The third kappa shape index (κ3) is 6.20. The van der Waals surface area contributed by atoms with Crippen LogP contribution in [0.5, 0.6) is 0 Å². The number of carbonyl (C=O) groups excluding carboxylic acids is 3. The molecule has 0 radical (unpaired) electrons. The fourth-order valence-corrected chi connectivity index (χ4v) is 8.23. The Bertz CT molecular complexity index is 1180. The van der Waals surface area contributed by atoms with Crippen molar-refractivity contribution in [2.24, 2.45) is 11.8 Å². The lowest BCUT2D eigenvalue weighted by molar-refractivity contribution is -0.149. The number of nitrogens with zero attached hydrogens (tertiary/aromatic N) is 4. The van der Waals surface area contributed by atoms with Crippen LogP contribution in [-0.4, -0.2) is 131 Å². The molecule has 4 aliphatic heterocycles. The quantitative estimate of drug-likeness (QED) is 0.240. The Morgan fingerprint density at radius 1 is 1.07 bits per heavy atom. The van der Waals surface area contributed by atoms with E-state index in [-0.39, 0.29) is 35.7 Å². The van der Waals surface area contributed by atoms with Crippen molar-refractivity contribution >= 4 is 33.7 Å². The van der Waals surface area contributed by atoms with Gasteiger partial charge >= 0.3 is 0 Å². The predicted molar refractivity (Wildman–Crippen MR) is 165 cm³/mol. The van der Waals surface area contributed by atoms with E-state index in [1.54, 1.807) is 26.9 Å². The van der Waals surface area contributed by atoms with Crippen LogP contribution in [0, 0.1) is 11.8 Å². The number of aliphatic hydroxyl groups is 1. The summed E-state index contributed by atoms with van der Waals surface area (Å²) in [6.07, 6.45) is 3.61. The molecule has 5 rings (SSSR count). The number of ether oxygens (including phenoxy) is 2. The van der Waals surface area contributed by atoms with E-state index in [9.17, 15) is 19.5 Å². The smallest absolute Gasteiger partial charge is 0.248 e. The standard InChI is InChI=1S/C32H43BrN4O6/c1-3-11-35(15-14-34-16-19-42-20-17-34)31(41)28-32-21-24(33)27(43-32)25(26(32)30(40)37(28)13-8-18-38)29(39)36(12-4-2)22-23-9-6-5-7-10-23/h3-7,9-10,24-28,38H,1-2,8,11-22H2/t24?,25-,26+,27-,28?,32?/m1/s1. The topological polar surface area (TPSA) is 103 Å². The van der Waals surface area contributed by atoms with Crippen molar-refractivity contribution in [3.8, 4) is 0 Å². The molecule has 10 nitrogen and oxygen atoms in total. The van der Waals surface area contributed by atoms with Crippen molar-refractivity contribution in [3.63, 3.8) is 0 Å². The summed E-state index contributed by atoms with van der Waals surface area (Å²) >= 11 is 3.76. The minimum Gasteiger partial charge on any atom is -0.396 e. The number of halogens is 1. The van der Waals surface area contributed by atoms with Gasteiger partial charge in [-0.05, 0) is 18.4 Å². The first kappa shape index (κ1) is 31.8. The Labute approximate surface area is 262 Å². The molecule has 234 valence electrons. The first-order chi connectivity index (χ1) is 20.9. The van der Waals surface area contributed by atoms with Gasteiger partial charge in [0.05, 0.1) is 31.2 Å². The highest BCUT2D eigenvalue weighted by atomic mass is 79.9. The number of fused-ring (bicyclic) bond motifs is 1. The van der Waals surface area contributed by atoms with Gasteiger partial charge < -0.3 is 29.3 Å². The van der Waals surface area contributed by atoms with Gasteiger partial charge in [-0.3, -0.25) is 19.3 Å². The summed E-state index contributed by atoms with van der Waals surface area (Å²) in [4.78, 5) is 50.2. The number of alkyl halides is 1. The van der Waals surface area contributed by atoms with E-state index >= 15 is 0 Å². The van der Waals surface area contributed by atoms with Gasteiger partial charge in [-0.15, -0.1) is 13.2 Å². The lowest BCUT2D eigenvalue weighted by Crippen LogP contribution is -2.58. The third-order valence-electron chi connectivity index (χ3n) is 9.19. The van der Waals surface area contributed by atoms with Crippen LogP contribution in [0.1, 0.15) is 18.4 Å². The van der Waals surface area contributed by atoms with Crippen LogP contribution in [0.25, 0.3) is 0 Å². The molecule has 0 aromatic heterocycles. The number of carbonyl (C=O) groups is 3. The molecule has 4 fully saturated rings. The molecule has 0 saturated carbocycles. The molecule has 4 aliphatic rings. The van der Waals surface area contributed by atoms with E-state index in [2.05, 4.69) is 34.0 Å². The maximum atomic E-state index is 14.5. The van der Waals surface area contributed by atoms with E-state index in [0.717, 1.165) is 18.7 Å². The molecule has 3 unspecified atom stereocenters. The lowest BCUT2D eigenvalue weighted by atomic mass is 9.70. The van der Waals surface area contributed by atoms with Gasteiger partial charge in [-0.1, -0.05) is 58.4 Å². The van der Waals surface area contributed by atoms with E-state index < -0.39 is 29.6 Å². The van der Waals surface area contributed by atoms with Gasteiger partial charge in [-0.2, -0.15) is 0 Å². The summed E-state index contributed by atoms with van der Waals surface area (Å²) < 4.78 is 12.2.